The molecule has 0 N–H and O–H groups in total. The summed E-state index contributed by atoms with van der Waals surface area (Å²) in [6.07, 6.45) is 1.16. The third kappa shape index (κ3) is 1.01. The molecule has 0 fully saturated rings. The SMILES string of the molecule is [CH2]n1cnc([N+](=O)[O-])n1. The zero-order valence-corrected chi connectivity index (χ0v) is 4.39. The standard InChI is InChI=1S/C3H3N4O2/c1-6-2-4-3(5-6)7(8)9/h2H,1H2. The van der Waals surface area contributed by atoms with E-state index in [0.29, 0.717) is 0 Å². The number of rotatable bonds is 1. The van der Waals surface area contributed by atoms with Gasteiger partial charge in [-0.15, -0.1) is 0 Å². The average Bonchev–Trinajstić information content (AvgIpc) is 2.14. The van der Waals surface area contributed by atoms with E-state index in [9.17, 15) is 10.1 Å². The first-order chi connectivity index (χ1) is 4.20. The van der Waals surface area contributed by atoms with Crippen molar-refractivity contribution in [1.29, 1.82) is 0 Å². The van der Waals surface area contributed by atoms with E-state index in [0.717, 1.165) is 11.0 Å². The van der Waals surface area contributed by atoms with E-state index in [1.807, 2.05) is 0 Å². The summed E-state index contributed by atoms with van der Waals surface area (Å²) in [5.41, 5.74) is 0. The van der Waals surface area contributed by atoms with E-state index in [-0.39, 0.29) is 0 Å². The quantitative estimate of drug-likeness (QED) is 0.387. The molecule has 0 spiro atoms. The minimum absolute atomic E-state index is 0.426. The van der Waals surface area contributed by atoms with Gasteiger partial charge in [0.05, 0.1) is 7.05 Å². The molecule has 1 rings (SSSR count). The van der Waals surface area contributed by atoms with Crippen LogP contribution in [0.1, 0.15) is 0 Å². The fourth-order valence-corrected chi connectivity index (χ4v) is 0.368. The minimum atomic E-state index is -0.679. The van der Waals surface area contributed by atoms with Gasteiger partial charge in [-0.2, -0.15) is 4.68 Å². The molecule has 0 saturated heterocycles. The number of nitro groups is 1. The van der Waals surface area contributed by atoms with Crippen LogP contribution in [-0.4, -0.2) is 19.7 Å². The molecule has 0 amide bonds. The maximum atomic E-state index is 9.85. The van der Waals surface area contributed by atoms with Gasteiger partial charge in [0, 0.05) is 5.10 Å². The maximum Gasteiger partial charge on any atom is 0.490 e. The summed E-state index contributed by atoms with van der Waals surface area (Å²) in [7, 11) is 3.26. The van der Waals surface area contributed by atoms with Crippen molar-refractivity contribution in [3.63, 3.8) is 0 Å². The lowest BCUT2D eigenvalue weighted by Crippen LogP contribution is -1.91. The molecule has 1 aromatic rings. The van der Waals surface area contributed by atoms with Crippen molar-refractivity contribution < 1.29 is 4.92 Å². The first-order valence-electron chi connectivity index (χ1n) is 2.07. The van der Waals surface area contributed by atoms with Crippen molar-refractivity contribution >= 4 is 5.95 Å². The predicted octanol–water partition coefficient (Wildman–Crippen LogP) is -0.174. The van der Waals surface area contributed by atoms with E-state index in [1.165, 1.54) is 0 Å². The Morgan fingerprint density at radius 1 is 1.89 bits per heavy atom. The smallest absolute Gasteiger partial charge is 0.390 e. The summed E-state index contributed by atoms with van der Waals surface area (Å²) >= 11 is 0. The molecule has 0 unspecified atom stereocenters. The predicted molar refractivity (Wildman–Crippen MR) is 27.4 cm³/mol. The monoisotopic (exact) mass is 127 g/mol. The van der Waals surface area contributed by atoms with E-state index >= 15 is 0 Å². The Morgan fingerprint density at radius 2 is 2.56 bits per heavy atom. The number of hydrogen-bond donors (Lipinski definition) is 0. The summed E-state index contributed by atoms with van der Waals surface area (Å²) in [4.78, 5) is 12.5. The molecule has 0 saturated carbocycles. The molecule has 47 valence electrons. The van der Waals surface area contributed by atoms with Gasteiger partial charge in [0.25, 0.3) is 0 Å². The summed E-state index contributed by atoms with van der Waals surface area (Å²) < 4.78 is 1.03. The van der Waals surface area contributed by atoms with Crippen LogP contribution >= 0.6 is 0 Å². The largest absolute Gasteiger partial charge is 0.490 e. The Bertz CT molecular complexity index is 229. The first kappa shape index (κ1) is 5.67. The van der Waals surface area contributed by atoms with E-state index in [1.54, 1.807) is 0 Å². The summed E-state index contributed by atoms with van der Waals surface area (Å²) in [5, 5.41) is 13.2. The number of hydrogen-bond acceptors (Lipinski definition) is 4. The van der Waals surface area contributed by atoms with Crippen LogP contribution in [0.3, 0.4) is 0 Å². The highest BCUT2D eigenvalue weighted by Crippen LogP contribution is 1.96. The van der Waals surface area contributed by atoms with Crippen LogP contribution in [0.15, 0.2) is 6.33 Å². The lowest BCUT2D eigenvalue weighted by molar-refractivity contribution is -0.394. The van der Waals surface area contributed by atoms with Gasteiger partial charge < -0.3 is 10.1 Å². The van der Waals surface area contributed by atoms with Gasteiger partial charge in [-0.3, -0.25) is 0 Å². The molecular formula is C3H3N4O2. The average molecular weight is 127 g/mol. The fraction of sp³-hybridized carbons (Fsp3) is 0. The second kappa shape index (κ2) is 1.81. The van der Waals surface area contributed by atoms with Crippen molar-refractivity contribution in [2.24, 2.45) is 0 Å². The molecule has 0 atom stereocenters. The molecule has 0 bridgehead atoms. The normalized spacial score (nSPS) is 9.44. The molecule has 1 radical (unpaired) electrons. The molecule has 1 aromatic heterocycles. The number of aromatic nitrogens is 3. The third-order valence-electron chi connectivity index (χ3n) is 0.688. The molecule has 9 heavy (non-hydrogen) atoms. The van der Waals surface area contributed by atoms with Gasteiger partial charge in [0.15, 0.2) is 0 Å². The van der Waals surface area contributed by atoms with Gasteiger partial charge in [-0.05, 0) is 4.92 Å². The molecule has 0 aromatic carbocycles. The molecule has 6 nitrogen and oxygen atoms in total. The van der Waals surface area contributed by atoms with Crippen LogP contribution in [0, 0.1) is 17.2 Å². The molecule has 6 heteroatoms. The van der Waals surface area contributed by atoms with Gasteiger partial charge >= 0.3 is 5.95 Å². The minimum Gasteiger partial charge on any atom is -0.390 e. The molecule has 0 aliphatic rings. The van der Waals surface area contributed by atoms with Gasteiger partial charge in [0.2, 0.25) is 6.33 Å². The van der Waals surface area contributed by atoms with Gasteiger partial charge in [-0.25, -0.2) is 0 Å². The summed E-state index contributed by atoms with van der Waals surface area (Å²) in [6.45, 7) is 0. The molecular weight excluding hydrogens is 124 g/mol. The Hall–Kier alpha value is -1.46. The molecule has 0 aliphatic carbocycles. The van der Waals surface area contributed by atoms with Crippen LogP contribution in [0.2, 0.25) is 0 Å². The second-order valence-electron chi connectivity index (χ2n) is 1.34. The maximum absolute atomic E-state index is 9.85. The van der Waals surface area contributed by atoms with Crippen LogP contribution < -0.4 is 0 Å². The highest BCUT2D eigenvalue weighted by molar-refractivity contribution is 4.96. The zero-order valence-electron chi connectivity index (χ0n) is 4.39. The van der Waals surface area contributed by atoms with Crippen molar-refractivity contribution in [2.75, 3.05) is 0 Å². The van der Waals surface area contributed by atoms with Crippen molar-refractivity contribution in [3.05, 3.63) is 23.5 Å². The summed E-state index contributed by atoms with van der Waals surface area (Å²) in [6, 6.07) is 0. The highest BCUT2D eigenvalue weighted by Gasteiger charge is 2.09. The van der Waals surface area contributed by atoms with E-state index < -0.39 is 10.9 Å². The van der Waals surface area contributed by atoms with E-state index in [2.05, 4.69) is 17.1 Å². The molecule has 1 heterocycles. The topological polar surface area (TPSA) is 73.8 Å². The summed E-state index contributed by atoms with van der Waals surface area (Å²) in [5.74, 6) is -0.426. The van der Waals surface area contributed by atoms with E-state index in [4.69, 9.17) is 0 Å². The first-order valence-corrected chi connectivity index (χ1v) is 2.07. The van der Waals surface area contributed by atoms with Crippen molar-refractivity contribution in [3.8, 4) is 0 Å². The number of nitrogens with zero attached hydrogens (tertiary/aromatic N) is 4. The third-order valence-corrected chi connectivity index (χ3v) is 0.688. The Kier molecular flexibility index (Phi) is 1.14. The van der Waals surface area contributed by atoms with Crippen LogP contribution in [0.25, 0.3) is 0 Å². The van der Waals surface area contributed by atoms with Gasteiger partial charge in [0.1, 0.15) is 0 Å². The van der Waals surface area contributed by atoms with Gasteiger partial charge in [-0.1, -0.05) is 4.98 Å². The fourth-order valence-electron chi connectivity index (χ4n) is 0.368. The zero-order chi connectivity index (χ0) is 6.85. The van der Waals surface area contributed by atoms with Crippen molar-refractivity contribution in [2.45, 2.75) is 0 Å². The van der Waals surface area contributed by atoms with Crippen LogP contribution in [0.5, 0.6) is 0 Å². The van der Waals surface area contributed by atoms with Crippen LogP contribution in [0.4, 0.5) is 5.95 Å². The van der Waals surface area contributed by atoms with Crippen LogP contribution in [-0.2, 0) is 0 Å². The van der Waals surface area contributed by atoms with Crippen molar-refractivity contribution in [1.82, 2.24) is 14.8 Å². The Balaban J connectivity index is 2.98. The molecule has 0 aliphatic heterocycles. The lowest BCUT2D eigenvalue weighted by atomic mass is 11.1. The second-order valence-corrected chi connectivity index (χ2v) is 1.34. The lowest BCUT2D eigenvalue weighted by Gasteiger charge is -1.81. The highest BCUT2D eigenvalue weighted by atomic mass is 16.6. The Labute approximate surface area is 50.3 Å². The Morgan fingerprint density at radius 3 is 2.78 bits per heavy atom.